The van der Waals surface area contributed by atoms with Crippen LogP contribution in [0.4, 0.5) is 5.69 Å². The van der Waals surface area contributed by atoms with E-state index in [2.05, 4.69) is 15.3 Å². The minimum absolute atomic E-state index is 0.0139. The number of carbonyl (C=O) groups is 1. The molecule has 0 spiro atoms. The fourth-order valence-electron chi connectivity index (χ4n) is 4.24. The molecule has 0 saturated carbocycles. The molecule has 1 fully saturated rings. The normalized spacial score (nSPS) is 15.6. The molecule has 2 aromatic carbocycles. The first-order valence-corrected chi connectivity index (χ1v) is 11.4. The zero-order valence-electron chi connectivity index (χ0n) is 19.6. The number of piperidine rings is 1. The standard InChI is InChI=1S/C26H30N4O4/c1-33-23-10-11-24(34-2)21(13-23)15-27-26(32)20-9-6-12-29(18-20)22-14-25(31)30(28-16-22)17-19-7-4-3-5-8-19/h3-5,7-8,10-11,13-14,16,20H,6,9,12,15,17-18H2,1-2H3,(H,27,32)/t20-/m0/s1. The number of hydrogen-bond acceptors (Lipinski definition) is 6. The largest absolute Gasteiger partial charge is 0.497 e. The van der Waals surface area contributed by atoms with Gasteiger partial charge in [-0.1, -0.05) is 30.3 Å². The highest BCUT2D eigenvalue weighted by Gasteiger charge is 2.26. The fraction of sp³-hybridized carbons (Fsp3) is 0.346. The van der Waals surface area contributed by atoms with E-state index in [9.17, 15) is 9.59 Å². The van der Waals surface area contributed by atoms with Gasteiger partial charge in [0.1, 0.15) is 11.5 Å². The second kappa shape index (κ2) is 10.9. The van der Waals surface area contributed by atoms with Gasteiger partial charge < -0.3 is 19.7 Å². The number of aromatic nitrogens is 2. The Kier molecular flexibility index (Phi) is 7.47. The zero-order chi connectivity index (χ0) is 23.9. The maximum atomic E-state index is 12.9. The van der Waals surface area contributed by atoms with Gasteiger partial charge in [-0.15, -0.1) is 0 Å². The Hall–Kier alpha value is -3.81. The molecule has 1 saturated heterocycles. The van der Waals surface area contributed by atoms with E-state index in [4.69, 9.17) is 9.47 Å². The summed E-state index contributed by atoms with van der Waals surface area (Å²) in [5.41, 5.74) is 2.47. The average molecular weight is 463 g/mol. The van der Waals surface area contributed by atoms with Crippen LogP contribution >= 0.6 is 0 Å². The van der Waals surface area contributed by atoms with Crippen molar-refractivity contribution in [1.29, 1.82) is 0 Å². The molecule has 0 bridgehead atoms. The van der Waals surface area contributed by atoms with Crippen molar-refractivity contribution in [2.45, 2.75) is 25.9 Å². The number of benzene rings is 2. The molecule has 1 N–H and O–H groups in total. The Bertz CT molecular complexity index is 1180. The van der Waals surface area contributed by atoms with E-state index >= 15 is 0 Å². The van der Waals surface area contributed by atoms with Crippen LogP contribution in [0.5, 0.6) is 11.5 Å². The first-order chi connectivity index (χ1) is 16.6. The van der Waals surface area contributed by atoms with Crippen LogP contribution < -0.4 is 25.2 Å². The van der Waals surface area contributed by atoms with Gasteiger partial charge in [0, 0.05) is 31.3 Å². The van der Waals surface area contributed by atoms with E-state index < -0.39 is 0 Å². The van der Waals surface area contributed by atoms with Gasteiger partial charge in [-0.25, -0.2) is 4.68 Å². The van der Waals surface area contributed by atoms with E-state index in [-0.39, 0.29) is 17.4 Å². The molecular formula is C26H30N4O4. The quantitative estimate of drug-likeness (QED) is 0.554. The molecule has 1 atom stereocenters. The third kappa shape index (κ3) is 5.57. The van der Waals surface area contributed by atoms with Crippen LogP contribution in [0.3, 0.4) is 0 Å². The minimum Gasteiger partial charge on any atom is -0.497 e. The highest BCUT2D eigenvalue weighted by Crippen LogP contribution is 2.25. The fourth-order valence-corrected chi connectivity index (χ4v) is 4.24. The van der Waals surface area contributed by atoms with Gasteiger partial charge in [0.2, 0.25) is 5.91 Å². The topological polar surface area (TPSA) is 85.7 Å². The first-order valence-electron chi connectivity index (χ1n) is 11.4. The van der Waals surface area contributed by atoms with E-state index in [0.29, 0.717) is 31.1 Å². The number of nitrogens with one attached hydrogen (secondary N) is 1. The number of amides is 1. The highest BCUT2D eigenvalue weighted by molar-refractivity contribution is 5.79. The van der Waals surface area contributed by atoms with Crippen LogP contribution in [-0.2, 0) is 17.9 Å². The summed E-state index contributed by atoms with van der Waals surface area (Å²) in [7, 11) is 3.21. The zero-order valence-corrected chi connectivity index (χ0v) is 19.6. The predicted octanol–water partition coefficient (Wildman–Crippen LogP) is 2.84. The van der Waals surface area contributed by atoms with Crippen LogP contribution in [0.15, 0.2) is 65.6 Å². The molecule has 0 radical (unpaired) electrons. The highest BCUT2D eigenvalue weighted by atomic mass is 16.5. The maximum Gasteiger partial charge on any atom is 0.269 e. The average Bonchev–Trinajstić information content (AvgIpc) is 2.89. The SMILES string of the molecule is COc1ccc(OC)c(CNC(=O)[C@H]2CCCN(c3cnn(Cc4ccccc4)c(=O)c3)C2)c1. The molecule has 3 aromatic rings. The van der Waals surface area contributed by atoms with Crippen LogP contribution in [0.25, 0.3) is 0 Å². The lowest BCUT2D eigenvalue weighted by Gasteiger charge is -2.33. The third-order valence-electron chi connectivity index (χ3n) is 6.13. The summed E-state index contributed by atoms with van der Waals surface area (Å²) in [5.74, 6) is 1.23. The number of rotatable bonds is 8. The Labute approximate surface area is 199 Å². The van der Waals surface area contributed by atoms with E-state index in [1.807, 2.05) is 48.5 Å². The smallest absolute Gasteiger partial charge is 0.269 e. The number of hydrogen-bond donors (Lipinski definition) is 1. The van der Waals surface area contributed by atoms with Crippen LogP contribution in [0.2, 0.25) is 0 Å². The molecule has 1 aromatic heterocycles. The Morgan fingerprint density at radius 1 is 1.12 bits per heavy atom. The number of ether oxygens (including phenoxy) is 2. The minimum atomic E-state index is -0.169. The summed E-state index contributed by atoms with van der Waals surface area (Å²) in [4.78, 5) is 27.7. The summed E-state index contributed by atoms with van der Waals surface area (Å²) < 4.78 is 12.1. The van der Waals surface area contributed by atoms with Gasteiger partial charge in [-0.3, -0.25) is 9.59 Å². The number of methoxy groups -OCH3 is 2. The number of carbonyl (C=O) groups excluding carboxylic acids is 1. The molecule has 1 amide bonds. The number of nitrogens with zero attached hydrogens (tertiary/aromatic N) is 3. The van der Waals surface area contributed by atoms with Gasteiger partial charge in [0.15, 0.2) is 0 Å². The van der Waals surface area contributed by atoms with Crippen molar-refractivity contribution in [3.05, 3.63) is 82.3 Å². The lowest BCUT2D eigenvalue weighted by atomic mass is 9.96. The summed E-state index contributed by atoms with van der Waals surface area (Å²) in [6, 6.07) is 16.9. The Morgan fingerprint density at radius 2 is 1.94 bits per heavy atom. The molecule has 8 nitrogen and oxygen atoms in total. The summed E-state index contributed by atoms with van der Waals surface area (Å²) in [6.45, 7) is 2.12. The second-order valence-electron chi connectivity index (χ2n) is 8.38. The van der Waals surface area contributed by atoms with Crippen LogP contribution in [-0.4, -0.2) is 43.0 Å². The van der Waals surface area contributed by atoms with Crippen molar-refractivity contribution in [3.63, 3.8) is 0 Å². The number of anilines is 1. The lowest BCUT2D eigenvalue weighted by Crippen LogP contribution is -2.43. The predicted molar refractivity (Wildman–Crippen MR) is 130 cm³/mol. The van der Waals surface area contributed by atoms with Crippen molar-refractivity contribution < 1.29 is 14.3 Å². The maximum absolute atomic E-state index is 12.9. The van der Waals surface area contributed by atoms with Crippen molar-refractivity contribution in [2.75, 3.05) is 32.2 Å². The van der Waals surface area contributed by atoms with E-state index in [0.717, 1.165) is 36.2 Å². The van der Waals surface area contributed by atoms with Gasteiger partial charge in [0.25, 0.3) is 5.56 Å². The molecule has 8 heteroatoms. The van der Waals surface area contributed by atoms with Gasteiger partial charge >= 0.3 is 0 Å². The monoisotopic (exact) mass is 462 g/mol. The molecule has 0 aliphatic carbocycles. The summed E-state index contributed by atoms with van der Waals surface area (Å²) >= 11 is 0. The lowest BCUT2D eigenvalue weighted by molar-refractivity contribution is -0.125. The van der Waals surface area contributed by atoms with Crippen molar-refractivity contribution in [2.24, 2.45) is 5.92 Å². The molecule has 1 aliphatic rings. The van der Waals surface area contributed by atoms with E-state index in [1.54, 1.807) is 26.5 Å². The Balaban J connectivity index is 1.39. The van der Waals surface area contributed by atoms with Crippen molar-refractivity contribution in [3.8, 4) is 11.5 Å². The molecule has 4 rings (SSSR count). The van der Waals surface area contributed by atoms with Gasteiger partial charge in [0.05, 0.1) is 38.6 Å². The van der Waals surface area contributed by atoms with Crippen molar-refractivity contribution in [1.82, 2.24) is 15.1 Å². The molecule has 0 unspecified atom stereocenters. The second-order valence-corrected chi connectivity index (χ2v) is 8.38. The summed E-state index contributed by atoms with van der Waals surface area (Å²) in [6.07, 6.45) is 3.38. The molecule has 1 aliphatic heterocycles. The Morgan fingerprint density at radius 3 is 2.68 bits per heavy atom. The van der Waals surface area contributed by atoms with Crippen LogP contribution in [0, 0.1) is 5.92 Å². The molecule has 178 valence electrons. The van der Waals surface area contributed by atoms with E-state index in [1.165, 1.54) is 4.68 Å². The van der Waals surface area contributed by atoms with Gasteiger partial charge in [-0.05, 0) is 36.6 Å². The molecule has 2 heterocycles. The first kappa shape index (κ1) is 23.4. The van der Waals surface area contributed by atoms with Crippen molar-refractivity contribution >= 4 is 11.6 Å². The third-order valence-corrected chi connectivity index (χ3v) is 6.13. The molecular weight excluding hydrogens is 432 g/mol. The summed E-state index contributed by atoms with van der Waals surface area (Å²) in [5, 5.41) is 7.40. The van der Waals surface area contributed by atoms with Crippen LogP contribution in [0.1, 0.15) is 24.0 Å². The molecule has 34 heavy (non-hydrogen) atoms. The van der Waals surface area contributed by atoms with Gasteiger partial charge in [-0.2, -0.15) is 5.10 Å².